The van der Waals surface area contributed by atoms with E-state index in [1.807, 2.05) is 27.7 Å². The first-order chi connectivity index (χ1) is 14.0. The van der Waals surface area contributed by atoms with E-state index in [0.717, 1.165) is 68.0 Å². The van der Waals surface area contributed by atoms with Crippen molar-refractivity contribution in [2.45, 2.75) is 72.6 Å². The number of nitrogens with zero attached hydrogens (tertiary/aromatic N) is 4. The molecule has 8 heteroatoms. The normalized spacial score (nSPS) is 10.9. The van der Waals surface area contributed by atoms with Gasteiger partial charge in [-0.3, -0.25) is 9.13 Å². The second-order valence-corrected chi connectivity index (χ2v) is 7.28. The van der Waals surface area contributed by atoms with Gasteiger partial charge in [-0.2, -0.15) is 0 Å². The van der Waals surface area contributed by atoms with Gasteiger partial charge in [0.25, 0.3) is 0 Å². The number of amides is 2. The molecule has 0 atom stereocenters. The number of nitrogens with one attached hydrogen (secondary N) is 2. The van der Waals surface area contributed by atoms with Crippen LogP contribution in [-0.2, 0) is 12.8 Å². The highest BCUT2D eigenvalue weighted by molar-refractivity contribution is 5.77. The van der Waals surface area contributed by atoms with Gasteiger partial charge in [0, 0.05) is 38.3 Å². The van der Waals surface area contributed by atoms with Crippen molar-refractivity contribution in [3.8, 4) is 0 Å². The molecule has 0 aliphatic heterocycles. The number of aromatic nitrogens is 4. The van der Waals surface area contributed by atoms with Gasteiger partial charge in [0.15, 0.2) is 0 Å². The summed E-state index contributed by atoms with van der Waals surface area (Å²) in [5.74, 6) is 1.58. The third-order valence-corrected chi connectivity index (χ3v) is 4.77. The molecule has 29 heavy (non-hydrogen) atoms. The molecule has 0 aromatic carbocycles. The number of aryl methyl sites for hydroxylation is 4. The Morgan fingerprint density at radius 3 is 1.52 bits per heavy atom. The van der Waals surface area contributed by atoms with Crippen LogP contribution in [0.15, 0.2) is 12.4 Å². The van der Waals surface area contributed by atoms with Crippen LogP contribution in [-0.4, -0.2) is 44.3 Å². The number of rotatable bonds is 10. The summed E-state index contributed by atoms with van der Waals surface area (Å²) in [5.41, 5.74) is 1.72. The Hall–Kier alpha value is -2.64. The summed E-state index contributed by atoms with van der Waals surface area (Å²) >= 11 is 0. The average Bonchev–Trinajstić information content (AvgIpc) is 3.28. The summed E-state index contributed by atoms with van der Waals surface area (Å²) in [5, 5.41) is 5.91. The fraction of sp³-hybridized carbons (Fsp3) is 0.619. The van der Waals surface area contributed by atoms with Gasteiger partial charge in [0.05, 0.1) is 11.4 Å². The molecule has 0 fully saturated rings. The van der Waals surface area contributed by atoms with Crippen LogP contribution >= 0.6 is 0 Å². The van der Waals surface area contributed by atoms with Gasteiger partial charge in [-0.05, 0) is 26.7 Å². The lowest BCUT2D eigenvalue weighted by Crippen LogP contribution is -2.30. The molecule has 2 rings (SSSR count). The molecule has 0 unspecified atom stereocenters. The van der Waals surface area contributed by atoms with Crippen LogP contribution in [0.25, 0.3) is 0 Å². The van der Waals surface area contributed by atoms with E-state index in [9.17, 15) is 9.59 Å². The average molecular weight is 403 g/mol. The zero-order chi connectivity index (χ0) is 21.2. The Morgan fingerprint density at radius 1 is 0.759 bits per heavy atom. The van der Waals surface area contributed by atoms with Crippen LogP contribution in [0.3, 0.4) is 0 Å². The lowest BCUT2D eigenvalue weighted by Gasteiger charge is -2.08. The number of unbranched alkanes of at least 4 members (excludes halogenated alkanes) is 4. The minimum Gasteiger partial charge on any atom is -0.337 e. The molecule has 0 saturated carbocycles. The van der Waals surface area contributed by atoms with Gasteiger partial charge in [-0.1, -0.05) is 33.1 Å². The van der Waals surface area contributed by atoms with Crippen LogP contribution in [0.1, 0.15) is 69.0 Å². The summed E-state index contributed by atoms with van der Waals surface area (Å²) in [6, 6.07) is -0.210. The smallest absolute Gasteiger partial charge is 0.327 e. The Labute approximate surface area is 173 Å². The summed E-state index contributed by atoms with van der Waals surface area (Å²) in [7, 11) is 0. The highest BCUT2D eigenvalue weighted by Gasteiger charge is 2.11. The molecule has 2 aromatic heterocycles. The third-order valence-electron chi connectivity index (χ3n) is 4.77. The summed E-state index contributed by atoms with van der Waals surface area (Å²) in [6.07, 6.45) is 10.1. The molecule has 2 amide bonds. The highest BCUT2D eigenvalue weighted by atomic mass is 16.2. The molecular formula is C21H34N6O2. The summed E-state index contributed by atoms with van der Waals surface area (Å²) in [4.78, 5) is 33.1. The van der Waals surface area contributed by atoms with E-state index < -0.39 is 0 Å². The molecule has 0 radical (unpaired) electrons. The van der Waals surface area contributed by atoms with Gasteiger partial charge < -0.3 is 10.6 Å². The van der Waals surface area contributed by atoms with Crippen molar-refractivity contribution < 1.29 is 9.59 Å². The molecule has 2 heterocycles. The van der Waals surface area contributed by atoms with E-state index in [4.69, 9.17) is 0 Å². The van der Waals surface area contributed by atoms with Crippen molar-refractivity contribution in [2.75, 3.05) is 13.1 Å². The number of imidazole rings is 2. The number of hydrogen-bond acceptors (Lipinski definition) is 4. The van der Waals surface area contributed by atoms with Crippen LogP contribution < -0.4 is 10.6 Å². The topological polar surface area (TPSA) is 93.8 Å². The lowest BCUT2D eigenvalue weighted by molar-refractivity contribution is 0.241. The summed E-state index contributed by atoms with van der Waals surface area (Å²) < 4.78 is 3.20. The first-order valence-electron chi connectivity index (χ1n) is 10.6. The molecule has 0 saturated heterocycles. The van der Waals surface area contributed by atoms with Crippen molar-refractivity contribution >= 4 is 12.1 Å². The second-order valence-electron chi connectivity index (χ2n) is 7.28. The molecule has 160 valence electrons. The van der Waals surface area contributed by atoms with Gasteiger partial charge in [-0.25, -0.2) is 19.6 Å². The maximum atomic E-state index is 12.2. The van der Waals surface area contributed by atoms with E-state index in [2.05, 4.69) is 20.6 Å². The van der Waals surface area contributed by atoms with Crippen LogP contribution in [0.5, 0.6) is 0 Å². The van der Waals surface area contributed by atoms with Gasteiger partial charge in [0.2, 0.25) is 0 Å². The van der Waals surface area contributed by atoms with Crippen LogP contribution in [0.2, 0.25) is 0 Å². The van der Waals surface area contributed by atoms with Gasteiger partial charge in [0.1, 0.15) is 11.6 Å². The standard InChI is InChI=1S/C21H34N6O2/c1-5-18-24-16(3)14-26(18)20(28)22-12-10-8-7-9-11-13-23-21(29)27-15-17(4)25-19(27)6-2/h14-15H,5-13H2,1-4H3,(H,22,28)(H,23,29). The van der Waals surface area contributed by atoms with Crippen LogP contribution in [0.4, 0.5) is 9.59 Å². The van der Waals surface area contributed by atoms with Gasteiger partial charge in [-0.15, -0.1) is 0 Å². The SMILES string of the molecule is CCc1nc(C)cn1C(=O)NCCCCCCCNC(=O)n1cc(C)nc1CC. The Balaban J connectivity index is 1.54. The number of carbonyl (C=O) groups excluding carboxylic acids is 2. The molecule has 0 spiro atoms. The van der Waals surface area contributed by atoms with Gasteiger partial charge >= 0.3 is 12.1 Å². The van der Waals surface area contributed by atoms with Crippen LogP contribution in [0, 0.1) is 13.8 Å². The molecule has 0 aliphatic carbocycles. The fourth-order valence-corrected chi connectivity index (χ4v) is 3.29. The summed E-state index contributed by atoms with van der Waals surface area (Å²) in [6.45, 7) is 9.10. The maximum absolute atomic E-state index is 12.2. The van der Waals surface area contributed by atoms with Crippen molar-refractivity contribution in [3.05, 3.63) is 35.4 Å². The van der Waals surface area contributed by atoms with E-state index in [-0.39, 0.29) is 12.1 Å². The third kappa shape index (κ3) is 6.73. The van der Waals surface area contributed by atoms with Crippen molar-refractivity contribution in [3.63, 3.8) is 0 Å². The largest absolute Gasteiger partial charge is 0.337 e. The zero-order valence-electron chi connectivity index (χ0n) is 18.1. The Kier molecular flexibility index (Phi) is 8.89. The Morgan fingerprint density at radius 2 is 1.14 bits per heavy atom. The van der Waals surface area contributed by atoms with E-state index in [0.29, 0.717) is 13.1 Å². The van der Waals surface area contributed by atoms with E-state index in [1.165, 1.54) is 0 Å². The predicted octanol–water partition coefficient (Wildman–Crippen LogP) is 3.59. The minimum absolute atomic E-state index is 0.105. The molecule has 0 bridgehead atoms. The molecule has 2 aromatic rings. The molecule has 0 aliphatic rings. The number of hydrogen-bond donors (Lipinski definition) is 2. The minimum atomic E-state index is -0.105. The quantitative estimate of drug-likeness (QED) is 0.594. The maximum Gasteiger partial charge on any atom is 0.327 e. The van der Waals surface area contributed by atoms with E-state index in [1.54, 1.807) is 21.5 Å². The van der Waals surface area contributed by atoms with Crippen molar-refractivity contribution in [1.82, 2.24) is 29.7 Å². The first-order valence-corrected chi connectivity index (χ1v) is 10.6. The molecule has 8 nitrogen and oxygen atoms in total. The highest BCUT2D eigenvalue weighted by Crippen LogP contribution is 2.05. The fourth-order valence-electron chi connectivity index (χ4n) is 3.29. The van der Waals surface area contributed by atoms with Crippen molar-refractivity contribution in [1.29, 1.82) is 0 Å². The molecule has 2 N–H and O–H groups in total. The molecular weight excluding hydrogens is 368 g/mol. The number of carbonyl (C=O) groups is 2. The van der Waals surface area contributed by atoms with Crippen molar-refractivity contribution in [2.24, 2.45) is 0 Å². The lowest BCUT2D eigenvalue weighted by atomic mass is 10.1. The van der Waals surface area contributed by atoms with E-state index >= 15 is 0 Å². The first kappa shape index (κ1) is 22.6. The predicted molar refractivity (Wildman–Crippen MR) is 113 cm³/mol. The monoisotopic (exact) mass is 402 g/mol. The Bertz CT molecular complexity index is 742. The second kappa shape index (κ2) is 11.4. The zero-order valence-corrected chi connectivity index (χ0v) is 18.1.